The van der Waals surface area contributed by atoms with Crippen molar-refractivity contribution in [3.05, 3.63) is 47.8 Å². The van der Waals surface area contributed by atoms with E-state index in [2.05, 4.69) is 40.5 Å². The van der Waals surface area contributed by atoms with Crippen LogP contribution in [0.5, 0.6) is 0 Å². The van der Waals surface area contributed by atoms with E-state index in [0.29, 0.717) is 35.8 Å². The molecule has 0 radical (unpaired) electrons. The number of imidazole rings is 1. The molecule has 3 aliphatic rings. The zero-order valence-electron chi connectivity index (χ0n) is 23.3. The van der Waals surface area contributed by atoms with E-state index in [-0.39, 0.29) is 42.7 Å². The summed E-state index contributed by atoms with van der Waals surface area (Å²) in [5.41, 5.74) is 10.5. The van der Waals surface area contributed by atoms with Crippen LogP contribution in [0.4, 0.5) is 10.1 Å². The molecule has 41 heavy (non-hydrogen) atoms. The van der Waals surface area contributed by atoms with Gasteiger partial charge >= 0.3 is 0 Å². The van der Waals surface area contributed by atoms with Crippen molar-refractivity contribution in [3.8, 4) is 23.9 Å². The molecule has 4 atom stereocenters. The lowest BCUT2D eigenvalue weighted by Crippen LogP contribution is -2.41. The summed E-state index contributed by atoms with van der Waals surface area (Å²) in [6.07, 6.45) is 9.35. The summed E-state index contributed by atoms with van der Waals surface area (Å²) in [6.45, 7) is 4.69. The van der Waals surface area contributed by atoms with Gasteiger partial charge in [0.15, 0.2) is 11.6 Å². The standard InChI is InChI=1S/C32H35FN6O2/c1-3-11-37-26-16-21(32(41)38-17-20-9-10-24(38)28(20)34)14-23(33)29(26)35-31(37)27-15-19-7-5-8-25-30(19)39(27)22(4-2)18-36(25)12-6-13-40/h1,5,7-8,14-16,20,22,24,28,40H,4,6,9-13,17-18,34H2,2H3/t20-,22?,24-,28-/m1/s1. The van der Waals surface area contributed by atoms with Crippen LogP contribution in [0.3, 0.4) is 0 Å². The maximum absolute atomic E-state index is 15.7. The van der Waals surface area contributed by atoms with E-state index in [1.807, 2.05) is 15.5 Å². The van der Waals surface area contributed by atoms with Crippen LogP contribution in [0.15, 0.2) is 36.4 Å². The second-order valence-corrected chi connectivity index (χ2v) is 11.7. The van der Waals surface area contributed by atoms with Gasteiger partial charge in [0.1, 0.15) is 5.52 Å². The molecule has 4 aromatic rings. The second kappa shape index (κ2) is 9.89. The molecule has 1 unspecified atom stereocenters. The zero-order chi connectivity index (χ0) is 28.4. The number of nitrogens with two attached hydrogens (primary N) is 1. The number of halogens is 1. The number of piperidine rings is 1. The maximum Gasteiger partial charge on any atom is 0.254 e. The first-order valence-electron chi connectivity index (χ1n) is 14.6. The monoisotopic (exact) mass is 554 g/mol. The van der Waals surface area contributed by atoms with Gasteiger partial charge < -0.3 is 29.8 Å². The number of hydrogen-bond donors (Lipinski definition) is 2. The van der Waals surface area contributed by atoms with Gasteiger partial charge in [-0.1, -0.05) is 25.0 Å². The Kier molecular flexibility index (Phi) is 6.29. The lowest BCUT2D eigenvalue weighted by Gasteiger charge is -2.36. The van der Waals surface area contributed by atoms with Crippen LogP contribution >= 0.6 is 0 Å². The minimum Gasteiger partial charge on any atom is -0.396 e. The SMILES string of the molecule is C#CCn1c(-c2cc3cccc4c3n2C(CC)CN4CCCO)nc2c(F)cc(C(=O)N3C[C@H]4CC[C@@H]3[C@@H]4N)cc21. The summed E-state index contributed by atoms with van der Waals surface area (Å²) in [5, 5.41) is 10.5. The fourth-order valence-electron chi connectivity index (χ4n) is 7.49. The number of amides is 1. The van der Waals surface area contributed by atoms with E-state index in [1.165, 1.54) is 6.07 Å². The second-order valence-electron chi connectivity index (χ2n) is 11.7. The van der Waals surface area contributed by atoms with Crippen molar-refractivity contribution in [1.82, 2.24) is 19.0 Å². The third-order valence-corrected chi connectivity index (χ3v) is 9.48. The normalized spacial score (nSPS) is 23.2. The minimum atomic E-state index is -0.533. The fraction of sp³-hybridized carbons (Fsp3) is 0.438. The summed E-state index contributed by atoms with van der Waals surface area (Å²) in [5.74, 6) is 2.90. The number of rotatable bonds is 7. The van der Waals surface area contributed by atoms with Crippen LogP contribution in [-0.4, -0.2) is 68.4 Å². The van der Waals surface area contributed by atoms with E-state index in [9.17, 15) is 9.90 Å². The van der Waals surface area contributed by atoms with Gasteiger partial charge in [0.05, 0.1) is 35.0 Å². The first-order chi connectivity index (χ1) is 19.9. The van der Waals surface area contributed by atoms with E-state index in [1.54, 1.807) is 6.07 Å². The molecule has 1 amide bonds. The van der Waals surface area contributed by atoms with Crippen LogP contribution in [0.2, 0.25) is 0 Å². The molecule has 9 heteroatoms. The first-order valence-corrected chi connectivity index (χ1v) is 14.6. The Bertz CT molecular complexity index is 1720. The Morgan fingerprint density at radius 1 is 1.24 bits per heavy atom. The number of likely N-dealkylation sites (tertiary alicyclic amines) is 1. The number of anilines is 1. The number of nitrogens with zero attached hydrogens (tertiary/aromatic N) is 5. The number of terminal acetylenes is 1. The predicted octanol–water partition coefficient (Wildman–Crippen LogP) is 4.15. The van der Waals surface area contributed by atoms with Crippen LogP contribution in [-0.2, 0) is 6.54 Å². The van der Waals surface area contributed by atoms with E-state index < -0.39 is 5.82 Å². The average Bonchev–Trinajstić information content (AvgIpc) is 3.73. The highest BCUT2D eigenvalue weighted by Crippen LogP contribution is 2.42. The Morgan fingerprint density at radius 2 is 2.10 bits per heavy atom. The molecule has 2 bridgehead atoms. The number of aliphatic hydroxyl groups is 1. The highest BCUT2D eigenvalue weighted by molar-refractivity contribution is 6.00. The molecule has 4 heterocycles. The largest absolute Gasteiger partial charge is 0.396 e. The molecule has 212 valence electrons. The summed E-state index contributed by atoms with van der Waals surface area (Å²) in [4.78, 5) is 22.6. The van der Waals surface area contributed by atoms with Crippen LogP contribution in [0, 0.1) is 24.1 Å². The molecule has 0 spiro atoms. The number of fused-ring (bicyclic) bond motifs is 3. The molecule has 1 aliphatic carbocycles. The predicted molar refractivity (Wildman–Crippen MR) is 158 cm³/mol. The molecule has 1 saturated carbocycles. The van der Waals surface area contributed by atoms with E-state index in [0.717, 1.165) is 54.6 Å². The van der Waals surface area contributed by atoms with Crippen LogP contribution < -0.4 is 10.6 Å². The van der Waals surface area contributed by atoms with Gasteiger partial charge in [0.2, 0.25) is 0 Å². The van der Waals surface area contributed by atoms with Crippen molar-refractivity contribution in [1.29, 1.82) is 0 Å². The van der Waals surface area contributed by atoms with Crippen molar-refractivity contribution in [2.24, 2.45) is 11.7 Å². The highest BCUT2D eigenvalue weighted by atomic mass is 19.1. The van der Waals surface area contributed by atoms with Crippen molar-refractivity contribution >= 4 is 33.5 Å². The molecule has 2 aromatic heterocycles. The van der Waals surface area contributed by atoms with Crippen LogP contribution in [0.1, 0.15) is 49.0 Å². The summed E-state index contributed by atoms with van der Waals surface area (Å²) < 4.78 is 19.9. The first kappa shape index (κ1) is 26.1. The van der Waals surface area contributed by atoms with Crippen molar-refractivity contribution < 1.29 is 14.3 Å². The van der Waals surface area contributed by atoms with Gasteiger partial charge in [0.25, 0.3) is 5.91 Å². The van der Waals surface area contributed by atoms with Crippen molar-refractivity contribution in [2.75, 3.05) is 31.1 Å². The van der Waals surface area contributed by atoms with Gasteiger partial charge in [-0.05, 0) is 55.9 Å². The molecule has 8 nitrogen and oxygen atoms in total. The molecule has 1 saturated heterocycles. The number of para-hydroxylation sites is 1. The molecule has 3 N–H and O–H groups in total. The lowest BCUT2D eigenvalue weighted by atomic mass is 10.1. The molecular formula is C32H35FN6O2. The lowest BCUT2D eigenvalue weighted by molar-refractivity contribution is 0.0700. The van der Waals surface area contributed by atoms with E-state index >= 15 is 4.39 Å². The third-order valence-electron chi connectivity index (χ3n) is 9.48. The number of carbonyl (C=O) groups is 1. The number of benzene rings is 2. The number of hydrogen-bond acceptors (Lipinski definition) is 5. The van der Waals surface area contributed by atoms with Gasteiger partial charge in [-0.15, -0.1) is 6.42 Å². The topological polar surface area (TPSA) is 92.5 Å². The Hall–Kier alpha value is -3.87. The van der Waals surface area contributed by atoms with Crippen molar-refractivity contribution in [2.45, 2.75) is 57.3 Å². The van der Waals surface area contributed by atoms with Crippen molar-refractivity contribution in [3.63, 3.8) is 0 Å². The Labute approximate surface area is 238 Å². The number of aromatic nitrogens is 3. The molecule has 2 aliphatic heterocycles. The Balaban J connectivity index is 1.38. The molecule has 2 aromatic carbocycles. The van der Waals surface area contributed by atoms with Gasteiger partial charge in [-0.25, -0.2) is 9.37 Å². The van der Waals surface area contributed by atoms with Gasteiger partial charge in [0, 0.05) is 49.3 Å². The van der Waals surface area contributed by atoms with Gasteiger partial charge in [-0.3, -0.25) is 4.79 Å². The average molecular weight is 555 g/mol. The Morgan fingerprint density at radius 3 is 2.80 bits per heavy atom. The molecule has 2 fully saturated rings. The number of aliphatic hydroxyl groups excluding tert-OH is 1. The molecule has 7 rings (SSSR count). The third kappa shape index (κ3) is 3.88. The quantitative estimate of drug-likeness (QED) is 0.335. The van der Waals surface area contributed by atoms with E-state index in [4.69, 9.17) is 17.1 Å². The smallest absolute Gasteiger partial charge is 0.254 e. The summed E-state index contributed by atoms with van der Waals surface area (Å²) >= 11 is 0. The van der Waals surface area contributed by atoms with Crippen LogP contribution in [0.25, 0.3) is 33.5 Å². The number of carbonyl (C=O) groups excluding carboxylic acids is 1. The molecular weight excluding hydrogens is 519 g/mol. The maximum atomic E-state index is 15.7. The van der Waals surface area contributed by atoms with Gasteiger partial charge in [-0.2, -0.15) is 0 Å². The minimum absolute atomic E-state index is 0.0100. The highest BCUT2D eigenvalue weighted by Gasteiger charge is 2.47. The zero-order valence-corrected chi connectivity index (χ0v) is 23.3. The summed E-state index contributed by atoms with van der Waals surface area (Å²) in [7, 11) is 0. The summed E-state index contributed by atoms with van der Waals surface area (Å²) in [6, 6.07) is 11.6. The fourth-order valence-corrected chi connectivity index (χ4v) is 7.49.